The van der Waals surface area contributed by atoms with Crippen LogP contribution < -0.4 is 0 Å². The Hall–Kier alpha value is -6.77. The lowest BCUT2D eigenvalue weighted by atomic mass is 9.82. The smallest absolute Gasteiger partial charge is 0.227 e. The van der Waals surface area contributed by atoms with Crippen molar-refractivity contribution in [1.82, 2.24) is 4.98 Å². The van der Waals surface area contributed by atoms with Crippen LogP contribution in [0.2, 0.25) is 0 Å². The largest absolute Gasteiger partial charge is 0.435 e. The molecule has 1 aliphatic carbocycles. The molecule has 2 nitrogen and oxygen atoms in total. The molecule has 0 spiro atoms. The Balaban J connectivity index is 1.12. The lowest BCUT2D eigenvalue weighted by Crippen LogP contribution is -2.03. The van der Waals surface area contributed by atoms with Gasteiger partial charge in [0.2, 0.25) is 5.89 Å². The van der Waals surface area contributed by atoms with Crippen LogP contribution in [0.1, 0.15) is 22.3 Å². The van der Waals surface area contributed by atoms with Gasteiger partial charge in [0, 0.05) is 10.9 Å². The Morgan fingerprint density at radius 3 is 1.75 bits per heavy atom. The van der Waals surface area contributed by atoms with Gasteiger partial charge < -0.3 is 4.42 Å². The van der Waals surface area contributed by atoms with E-state index in [0.717, 1.165) is 40.3 Å². The second-order valence-electron chi connectivity index (χ2n) is 14.3. The number of benzene rings is 9. The number of nitrogens with zero attached hydrogens (tertiary/aromatic N) is 1. The molecule has 53 heavy (non-hydrogen) atoms. The first kappa shape index (κ1) is 29.9. The van der Waals surface area contributed by atoms with Crippen molar-refractivity contribution in [2.45, 2.75) is 12.8 Å². The minimum atomic E-state index is 0.644. The molecule has 0 amide bonds. The summed E-state index contributed by atoms with van der Waals surface area (Å²) in [6.45, 7) is 0. The quantitative estimate of drug-likeness (QED) is 0.170. The Labute approximate surface area is 307 Å². The molecule has 0 saturated carbocycles. The molecule has 0 N–H and O–H groups in total. The molecule has 0 fully saturated rings. The van der Waals surface area contributed by atoms with Gasteiger partial charge >= 0.3 is 0 Å². The Kier molecular flexibility index (Phi) is 6.72. The van der Waals surface area contributed by atoms with Gasteiger partial charge in [0.25, 0.3) is 0 Å². The number of hydrogen-bond donors (Lipinski definition) is 0. The van der Waals surface area contributed by atoms with E-state index in [1.165, 1.54) is 77.2 Å². The molecule has 0 saturated heterocycles. The number of aromatic nitrogens is 1. The summed E-state index contributed by atoms with van der Waals surface area (Å²) < 4.78 is 6.55. The third kappa shape index (κ3) is 4.98. The molecule has 1 heterocycles. The highest BCUT2D eigenvalue weighted by Gasteiger charge is 2.20. The molecular formula is C51H33NO. The van der Waals surface area contributed by atoms with Crippen molar-refractivity contribution in [2.75, 3.05) is 0 Å². The van der Waals surface area contributed by atoms with Crippen molar-refractivity contribution < 1.29 is 4.42 Å². The molecule has 248 valence electrons. The van der Waals surface area contributed by atoms with Crippen LogP contribution in [0.15, 0.2) is 180 Å². The maximum absolute atomic E-state index is 6.55. The zero-order valence-corrected chi connectivity index (χ0v) is 29.0. The van der Waals surface area contributed by atoms with Crippen molar-refractivity contribution in [3.63, 3.8) is 0 Å². The van der Waals surface area contributed by atoms with Crippen LogP contribution in [0.25, 0.3) is 88.3 Å². The number of fused-ring (bicyclic) bond motifs is 12. The number of hydrogen-bond acceptors (Lipinski definition) is 2. The first-order chi connectivity index (χ1) is 26.2. The average Bonchev–Trinajstić information content (AvgIpc) is 3.66. The first-order valence-electron chi connectivity index (χ1n) is 18.4. The highest BCUT2D eigenvalue weighted by Crippen LogP contribution is 2.41. The van der Waals surface area contributed by atoms with E-state index in [4.69, 9.17) is 9.40 Å². The van der Waals surface area contributed by atoms with Crippen LogP contribution in [0.4, 0.5) is 0 Å². The van der Waals surface area contributed by atoms with Gasteiger partial charge in [0.15, 0.2) is 5.58 Å². The molecule has 10 aromatic rings. The SMILES string of the molecule is c1ccc(-c2nc3ccc4ccc5ccc(-c6ccc7c(c6)Cc6ccccc6-c6ccccc6Cc6cc8ccccc8cc6-7)cc5c4c3o2)cc1. The van der Waals surface area contributed by atoms with E-state index in [1.807, 2.05) is 30.3 Å². The molecule has 0 radical (unpaired) electrons. The van der Waals surface area contributed by atoms with E-state index >= 15 is 0 Å². The summed E-state index contributed by atoms with van der Waals surface area (Å²) >= 11 is 0. The van der Waals surface area contributed by atoms with E-state index in [2.05, 4.69) is 146 Å². The molecule has 0 unspecified atom stereocenters. The summed E-state index contributed by atoms with van der Waals surface area (Å²) in [5.41, 5.74) is 15.7. The van der Waals surface area contributed by atoms with Gasteiger partial charge in [0.1, 0.15) is 5.52 Å². The van der Waals surface area contributed by atoms with Crippen molar-refractivity contribution >= 4 is 43.4 Å². The minimum absolute atomic E-state index is 0.644. The third-order valence-corrected chi connectivity index (χ3v) is 11.2. The van der Waals surface area contributed by atoms with Crippen LogP contribution in [0, 0.1) is 0 Å². The molecule has 11 rings (SSSR count). The average molecular weight is 676 g/mol. The fourth-order valence-electron chi connectivity index (χ4n) is 8.56. The normalized spacial score (nSPS) is 12.4. The van der Waals surface area contributed by atoms with Crippen LogP contribution in [-0.2, 0) is 12.8 Å². The van der Waals surface area contributed by atoms with Crippen LogP contribution in [-0.4, -0.2) is 4.98 Å². The van der Waals surface area contributed by atoms with Gasteiger partial charge in [-0.3, -0.25) is 0 Å². The monoisotopic (exact) mass is 675 g/mol. The van der Waals surface area contributed by atoms with Gasteiger partial charge in [-0.05, 0) is 126 Å². The second-order valence-corrected chi connectivity index (χ2v) is 14.3. The predicted molar refractivity (Wildman–Crippen MR) is 220 cm³/mol. The Morgan fingerprint density at radius 2 is 0.962 bits per heavy atom. The second kappa shape index (κ2) is 11.9. The summed E-state index contributed by atoms with van der Waals surface area (Å²) in [5, 5.41) is 7.13. The first-order valence-corrected chi connectivity index (χ1v) is 18.4. The molecule has 0 bridgehead atoms. The number of rotatable bonds is 2. The highest BCUT2D eigenvalue weighted by atomic mass is 16.3. The lowest BCUT2D eigenvalue weighted by Gasteiger charge is -2.22. The third-order valence-electron chi connectivity index (χ3n) is 11.2. The molecule has 9 aromatic carbocycles. The van der Waals surface area contributed by atoms with Gasteiger partial charge in [-0.2, -0.15) is 0 Å². The molecule has 0 atom stereocenters. The summed E-state index contributed by atoms with van der Waals surface area (Å²) in [6, 6.07) is 64.2. The molecular weight excluding hydrogens is 643 g/mol. The standard InChI is InChI=1S/C51H33NO/c1-2-10-34(11-3-1)51-52-48-25-23-33-20-18-32-19-21-38(31-47(32)49(33)50(48)53-51)37-22-24-45-41(27-37)28-39-14-6-8-16-43(39)44-17-9-7-15-40(44)29-42-26-35-12-4-5-13-36(35)30-46(42)45/h1-27,30-31H,28-29H2. The van der Waals surface area contributed by atoms with Crippen molar-refractivity contribution in [1.29, 1.82) is 0 Å². The van der Waals surface area contributed by atoms with E-state index in [1.54, 1.807) is 0 Å². The molecule has 1 aromatic heterocycles. The fraction of sp³-hybridized carbons (Fsp3) is 0.0392. The predicted octanol–water partition coefficient (Wildman–Crippen LogP) is 13.5. The zero-order chi connectivity index (χ0) is 34.9. The summed E-state index contributed by atoms with van der Waals surface area (Å²) in [5.74, 6) is 0.644. The van der Waals surface area contributed by atoms with E-state index in [9.17, 15) is 0 Å². The van der Waals surface area contributed by atoms with E-state index < -0.39 is 0 Å². The maximum Gasteiger partial charge on any atom is 0.227 e. The highest BCUT2D eigenvalue weighted by molar-refractivity contribution is 6.18. The topological polar surface area (TPSA) is 26.0 Å². The van der Waals surface area contributed by atoms with Gasteiger partial charge in [-0.25, -0.2) is 4.98 Å². The maximum atomic E-state index is 6.55. The molecule has 0 aliphatic heterocycles. The summed E-state index contributed by atoms with van der Waals surface area (Å²) in [7, 11) is 0. The Morgan fingerprint density at radius 1 is 0.377 bits per heavy atom. The zero-order valence-electron chi connectivity index (χ0n) is 29.0. The summed E-state index contributed by atoms with van der Waals surface area (Å²) in [6.07, 6.45) is 1.70. The van der Waals surface area contributed by atoms with Crippen LogP contribution in [0.3, 0.4) is 0 Å². The van der Waals surface area contributed by atoms with Crippen molar-refractivity contribution in [3.05, 3.63) is 198 Å². The van der Waals surface area contributed by atoms with E-state index in [-0.39, 0.29) is 0 Å². The van der Waals surface area contributed by atoms with Gasteiger partial charge in [0.05, 0.1) is 0 Å². The van der Waals surface area contributed by atoms with Gasteiger partial charge in [-0.1, -0.05) is 146 Å². The van der Waals surface area contributed by atoms with Crippen LogP contribution >= 0.6 is 0 Å². The Bertz CT molecular complexity index is 3060. The van der Waals surface area contributed by atoms with Crippen LogP contribution in [0.5, 0.6) is 0 Å². The minimum Gasteiger partial charge on any atom is -0.435 e. The fourth-order valence-corrected chi connectivity index (χ4v) is 8.56. The molecule has 2 heteroatoms. The van der Waals surface area contributed by atoms with Crippen molar-refractivity contribution in [3.8, 4) is 44.8 Å². The van der Waals surface area contributed by atoms with E-state index in [0.29, 0.717) is 5.89 Å². The number of oxazole rings is 1. The van der Waals surface area contributed by atoms with Crippen molar-refractivity contribution in [2.24, 2.45) is 0 Å². The molecule has 1 aliphatic rings. The van der Waals surface area contributed by atoms with Gasteiger partial charge in [-0.15, -0.1) is 0 Å². The summed E-state index contributed by atoms with van der Waals surface area (Å²) in [4.78, 5) is 4.90. The lowest BCUT2D eigenvalue weighted by molar-refractivity contribution is 0.623.